The average Bonchev–Trinajstić information content (AvgIpc) is 2.70. The fourth-order valence-electron chi connectivity index (χ4n) is 1.91. The number of anilines is 2. The van der Waals surface area contributed by atoms with E-state index in [2.05, 4.69) is 15.7 Å². The molecule has 1 aromatic heterocycles. The summed E-state index contributed by atoms with van der Waals surface area (Å²) in [5.74, 6) is 5.43. The second kappa shape index (κ2) is 5.06. The van der Waals surface area contributed by atoms with Crippen LogP contribution in [0.3, 0.4) is 0 Å². The molecule has 1 aliphatic heterocycles. The number of nitrogens with one attached hydrogen (secondary N) is 2. The number of hydrogen-bond acceptors (Lipinski definition) is 7. The highest BCUT2D eigenvalue weighted by Gasteiger charge is 2.31. The van der Waals surface area contributed by atoms with Crippen molar-refractivity contribution in [2.24, 2.45) is 5.84 Å². The summed E-state index contributed by atoms with van der Waals surface area (Å²) in [5, 5.41) is 13.7. The van der Waals surface area contributed by atoms with E-state index in [1.807, 2.05) is 0 Å². The van der Waals surface area contributed by atoms with E-state index in [0.29, 0.717) is 13.0 Å². The normalized spacial score (nSPS) is 18.5. The largest absolute Gasteiger partial charge is 0.353 e. The van der Waals surface area contributed by atoms with E-state index in [-0.39, 0.29) is 23.2 Å². The number of likely N-dealkylation sites (N-methyl/N-ethyl adjacent to an activating group) is 1. The van der Waals surface area contributed by atoms with Gasteiger partial charge in [0.25, 0.3) is 0 Å². The maximum atomic E-state index is 11.8. The zero-order valence-electron chi connectivity index (χ0n) is 10.3. The summed E-state index contributed by atoms with van der Waals surface area (Å²) < 4.78 is 0. The minimum atomic E-state index is -0.557. The molecule has 0 bridgehead atoms. The molecule has 1 saturated heterocycles. The molecule has 1 unspecified atom stereocenters. The number of rotatable bonds is 4. The molecule has 0 aliphatic carbocycles. The number of nitrogens with two attached hydrogens (primary N) is 1. The van der Waals surface area contributed by atoms with Gasteiger partial charge in [0.15, 0.2) is 0 Å². The number of nitrogens with zero attached hydrogens (tertiary/aromatic N) is 3. The molecule has 1 fully saturated rings. The maximum absolute atomic E-state index is 11.8. The monoisotopic (exact) mass is 266 g/mol. The molecule has 0 radical (unpaired) electrons. The van der Waals surface area contributed by atoms with Gasteiger partial charge < -0.3 is 15.6 Å². The molecule has 9 heteroatoms. The summed E-state index contributed by atoms with van der Waals surface area (Å²) in [7, 11) is 1.68. The Kier molecular flexibility index (Phi) is 3.47. The van der Waals surface area contributed by atoms with Crippen LogP contribution in [0.5, 0.6) is 0 Å². The lowest BCUT2D eigenvalue weighted by atomic mass is 10.2. The molecule has 0 spiro atoms. The minimum absolute atomic E-state index is 0.0362. The lowest BCUT2D eigenvalue weighted by Gasteiger charge is -2.13. The Morgan fingerprint density at radius 1 is 1.58 bits per heavy atom. The quantitative estimate of drug-likeness (QED) is 0.395. The highest BCUT2D eigenvalue weighted by Crippen LogP contribution is 2.26. The number of aromatic nitrogens is 1. The molecule has 1 amide bonds. The van der Waals surface area contributed by atoms with Crippen molar-refractivity contribution in [2.45, 2.75) is 12.5 Å². The van der Waals surface area contributed by atoms with Gasteiger partial charge in [-0.1, -0.05) is 0 Å². The Bertz CT molecular complexity index is 520. The Morgan fingerprint density at radius 2 is 2.32 bits per heavy atom. The van der Waals surface area contributed by atoms with Crippen LogP contribution in [0.2, 0.25) is 0 Å². The second-order valence-corrected chi connectivity index (χ2v) is 4.21. The van der Waals surface area contributed by atoms with Crippen LogP contribution in [0.25, 0.3) is 0 Å². The van der Waals surface area contributed by atoms with Crippen LogP contribution in [-0.2, 0) is 4.79 Å². The number of pyridine rings is 1. The summed E-state index contributed by atoms with van der Waals surface area (Å²) in [4.78, 5) is 27.7. The van der Waals surface area contributed by atoms with Crippen LogP contribution in [0.4, 0.5) is 17.3 Å². The van der Waals surface area contributed by atoms with Crippen LogP contribution in [0, 0.1) is 10.1 Å². The molecule has 2 rings (SSSR count). The van der Waals surface area contributed by atoms with Gasteiger partial charge in [-0.25, -0.2) is 10.8 Å². The van der Waals surface area contributed by atoms with Gasteiger partial charge in [-0.2, -0.15) is 0 Å². The molecule has 9 nitrogen and oxygen atoms in total. The molecule has 2 heterocycles. The fraction of sp³-hybridized carbons (Fsp3) is 0.400. The Balaban J connectivity index is 2.27. The molecule has 19 heavy (non-hydrogen) atoms. The summed E-state index contributed by atoms with van der Waals surface area (Å²) in [5.41, 5.74) is 2.12. The second-order valence-electron chi connectivity index (χ2n) is 4.21. The van der Waals surface area contributed by atoms with Gasteiger partial charge in [-0.15, -0.1) is 0 Å². The lowest BCUT2D eigenvalue weighted by Crippen LogP contribution is -2.31. The highest BCUT2D eigenvalue weighted by atomic mass is 16.6. The zero-order valence-corrected chi connectivity index (χ0v) is 10.3. The van der Waals surface area contributed by atoms with Gasteiger partial charge in [0, 0.05) is 19.7 Å². The smallest absolute Gasteiger partial charge is 0.311 e. The third-order valence-electron chi connectivity index (χ3n) is 2.96. The van der Waals surface area contributed by atoms with Crippen molar-refractivity contribution >= 4 is 23.2 Å². The van der Waals surface area contributed by atoms with E-state index >= 15 is 0 Å². The molecule has 4 N–H and O–H groups in total. The molecular formula is C10H14N6O3. The Morgan fingerprint density at radius 3 is 2.84 bits per heavy atom. The van der Waals surface area contributed by atoms with Crippen molar-refractivity contribution in [3.63, 3.8) is 0 Å². The number of nitro groups is 1. The van der Waals surface area contributed by atoms with Gasteiger partial charge in [-0.3, -0.25) is 14.9 Å². The van der Waals surface area contributed by atoms with Crippen LogP contribution in [0.1, 0.15) is 6.42 Å². The van der Waals surface area contributed by atoms with Crippen molar-refractivity contribution in [1.82, 2.24) is 9.88 Å². The topological polar surface area (TPSA) is 126 Å². The van der Waals surface area contributed by atoms with E-state index < -0.39 is 11.0 Å². The first-order valence-electron chi connectivity index (χ1n) is 5.66. The van der Waals surface area contributed by atoms with Gasteiger partial charge in [0.2, 0.25) is 11.7 Å². The van der Waals surface area contributed by atoms with Crippen molar-refractivity contribution in [1.29, 1.82) is 0 Å². The number of amides is 1. The van der Waals surface area contributed by atoms with E-state index in [0.717, 1.165) is 0 Å². The Labute approximate surface area is 108 Å². The third kappa shape index (κ3) is 2.55. The summed E-state index contributed by atoms with van der Waals surface area (Å²) >= 11 is 0. The summed E-state index contributed by atoms with van der Waals surface area (Å²) in [6, 6.07) is 2.18. The Hall–Kier alpha value is -2.42. The number of hydrogen-bond donors (Lipinski definition) is 3. The SMILES string of the molecule is CN1CCC(Nc2nc(NN)ccc2[N+](=O)[O-])C1=O. The first-order valence-corrected chi connectivity index (χ1v) is 5.66. The van der Waals surface area contributed by atoms with Crippen LogP contribution < -0.4 is 16.6 Å². The summed E-state index contributed by atoms with van der Waals surface area (Å²) in [6.45, 7) is 0.610. The summed E-state index contributed by atoms with van der Waals surface area (Å²) in [6.07, 6.45) is 0.578. The zero-order chi connectivity index (χ0) is 14.0. The number of hydrazine groups is 1. The number of carbonyl (C=O) groups is 1. The molecular weight excluding hydrogens is 252 g/mol. The molecule has 102 valence electrons. The van der Waals surface area contributed by atoms with Crippen LogP contribution in [-0.4, -0.2) is 40.3 Å². The first-order chi connectivity index (χ1) is 9.02. The average molecular weight is 266 g/mol. The molecule has 1 aromatic rings. The van der Waals surface area contributed by atoms with Gasteiger partial charge in [-0.05, 0) is 12.5 Å². The van der Waals surface area contributed by atoms with Crippen molar-refractivity contribution < 1.29 is 9.72 Å². The highest BCUT2D eigenvalue weighted by molar-refractivity contribution is 5.86. The minimum Gasteiger partial charge on any atom is -0.353 e. The fourth-order valence-corrected chi connectivity index (χ4v) is 1.91. The molecule has 1 aliphatic rings. The van der Waals surface area contributed by atoms with E-state index in [9.17, 15) is 14.9 Å². The predicted molar refractivity (Wildman–Crippen MR) is 68.4 cm³/mol. The van der Waals surface area contributed by atoms with Gasteiger partial charge in [0.1, 0.15) is 11.9 Å². The van der Waals surface area contributed by atoms with E-state index in [1.165, 1.54) is 12.1 Å². The standard InChI is InChI=1S/C10H14N6O3/c1-15-5-4-6(10(15)17)12-9-7(16(18)19)2-3-8(13-9)14-11/h2-3,6H,4-5,11H2,1H3,(H2,12,13,14). The van der Waals surface area contributed by atoms with Gasteiger partial charge in [0.05, 0.1) is 4.92 Å². The molecule has 0 aromatic carbocycles. The first kappa shape index (κ1) is 13.0. The van der Waals surface area contributed by atoms with Gasteiger partial charge >= 0.3 is 5.69 Å². The van der Waals surface area contributed by atoms with Crippen LogP contribution >= 0.6 is 0 Å². The van der Waals surface area contributed by atoms with E-state index in [4.69, 9.17) is 5.84 Å². The van der Waals surface area contributed by atoms with Crippen molar-refractivity contribution in [3.8, 4) is 0 Å². The van der Waals surface area contributed by atoms with Crippen molar-refractivity contribution in [2.75, 3.05) is 24.3 Å². The van der Waals surface area contributed by atoms with E-state index in [1.54, 1.807) is 11.9 Å². The molecule has 1 atom stereocenters. The third-order valence-corrected chi connectivity index (χ3v) is 2.96. The predicted octanol–water partition coefficient (Wildman–Crippen LogP) is -0.0820. The van der Waals surface area contributed by atoms with Crippen molar-refractivity contribution in [3.05, 3.63) is 22.2 Å². The number of nitrogen functional groups attached to an aromatic ring is 1. The van der Waals surface area contributed by atoms with Crippen LogP contribution in [0.15, 0.2) is 12.1 Å². The lowest BCUT2D eigenvalue weighted by molar-refractivity contribution is -0.384. The number of carbonyl (C=O) groups excluding carboxylic acids is 1. The molecule has 0 saturated carbocycles. The number of likely N-dealkylation sites (tertiary alicyclic amines) is 1. The maximum Gasteiger partial charge on any atom is 0.311 e.